The van der Waals surface area contributed by atoms with Gasteiger partial charge in [0.2, 0.25) is 5.91 Å². The van der Waals surface area contributed by atoms with Gasteiger partial charge in [-0.2, -0.15) is 0 Å². The Bertz CT molecular complexity index is 1310. The molecule has 1 fully saturated rings. The number of benzene rings is 3. The van der Waals surface area contributed by atoms with Crippen LogP contribution in [-0.2, 0) is 20.8 Å². The molecule has 3 amide bonds. The van der Waals surface area contributed by atoms with Crippen molar-refractivity contribution in [3.8, 4) is 11.5 Å². The van der Waals surface area contributed by atoms with Crippen molar-refractivity contribution in [1.29, 1.82) is 0 Å². The van der Waals surface area contributed by atoms with Crippen LogP contribution in [-0.4, -0.2) is 72.2 Å². The van der Waals surface area contributed by atoms with E-state index in [0.717, 1.165) is 23.1 Å². The Morgan fingerprint density at radius 3 is 2.21 bits per heavy atom. The second-order valence-electron chi connectivity index (χ2n) is 10.6. The normalized spacial score (nSPS) is 16.3. The Hall–Kier alpha value is -4.21. The number of amides is 3. The average Bonchev–Trinajstić information content (AvgIpc) is 3.45. The fourth-order valence-electron chi connectivity index (χ4n) is 5.20. The highest BCUT2D eigenvalue weighted by Gasteiger charge is 2.34. The van der Waals surface area contributed by atoms with Crippen LogP contribution in [0, 0.1) is 13.8 Å². The summed E-state index contributed by atoms with van der Waals surface area (Å²) in [6.45, 7) is 4.13. The number of para-hydroxylation sites is 2. The number of imide groups is 1. The molecule has 0 radical (unpaired) electrons. The van der Waals surface area contributed by atoms with Crippen LogP contribution in [0.25, 0.3) is 0 Å². The highest BCUT2D eigenvalue weighted by Crippen LogP contribution is 2.22. The van der Waals surface area contributed by atoms with Gasteiger partial charge in [0.25, 0.3) is 11.8 Å². The zero-order chi connectivity index (χ0) is 29.9. The predicted octanol–water partition coefficient (Wildman–Crippen LogP) is 2.96. The molecule has 3 N–H and O–H groups in total. The van der Waals surface area contributed by atoms with Crippen LogP contribution in [0.3, 0.4) is 0 Å². The van der Waals surface area contributed by atoms with Crippen LogP contribution in [0.2, 0.25) is 0 Å². The van der Waals surface area contributed by atoms with E-state index in [9.17, 15) is 19.5 Å². The van der Waals surface area contributed by atoms with Crippen molar-refractivity contribution in [3.05, 3.63) is 95.6 Å². The third kappa shape index (κ3) is 8.89. The van der Waals surface area contributed by atoms with Gasteiger partial charge in [-0.05, 0) is 68.5 Å². The topological polar surface area (TPSA) is 117 Å². The second-order valence-corrected chi connectivity index (χ2v) is 10.6. The molecule has 1 aliphatic heterocycles. The molecule has 9 heteroatoms. The molecule has 0 aliphatic carbocycles. The van der Waals surface area contributed by atoms with E-state index in [2.05, 4.69) is 10.6 Å². The smallest absolute Gasteiger partial charge is 0.264 e. The molecule has 1 aliphatic rings. The standard InChI is InChI=1S/C33H39N3O6/c1-23-11-9-12-24(2)32(23)42-22-30(38)34-27(19-25-13-5-3-6-14-25)29(37)20-36-18-10-17-28(36)33(40)35-31(39)21-41-26-15-7-4-8-16-26/h3-9,11-16,27-29,37H,10,17-22H2,1-2H3,(H,34,38)(H,35,39,40)/t27-,28-,29+/m0/s1. The van der Waals surface area contributed by atoms with Gasteiger partial charge < -0.3 is 19.9 Å². The fourth-order valence-corrected chi connectivity index (χ4v) is 5.20. The summed E-state index contributed by atoms with van der Waals surface area (Å²) in [6.07, 6.45) is 0.737. The van der Waals surface area contributed by atoms with Crippen LogP contribution >= 0.6 is 0 Å². The summed E-state index contributed by atoms with van der Waals surface area (Å²) in [6, 6.07) is 23.1. The van der Waals surface area contributed by atoms with E-state index in [4.69, 9.17) is 9.47 Å². The summed E-state index contributed by atoms with van der Waals surface area (Å²) in [4.78, 5) is 40.2. The van der Waals surface area contributed by atoms with Crippen LogP contribution in [0.5, 0.6) is 11.5 Å². The first kappa shape index (κ1) is 30.7. The third-order valence-corrected chi connectivity index (χ3v) is 7.33. The van der Waals surface area contributed by atoms with E-state index in [-0.39, 0.29) is 25.7 Å². The summed E-state index contributed by atoms with van der Waals surface area (Å²) in [7, 11) is 0. The minimum atomic E-state index is -0.972. The van der Waals surface area contributed by atoms with E-state index >= 15 is 0 Å². The van der Waals surface area contributed by atoms with E-state index in [0.29, 0.717) is 30.9 Å². The number of hydrogen-bond donors (Lipinski definition) is 3. The molecule has 4 rings (SSSR count). The Morgan fingerprint density at radius 2 is 1.52 bits per heavy atom. The zero-order valence-electron chi connectivity index (χ0n) is 24.1. The largest absolute Gasteiger partial charge is 0.484 e. The van der Waals surface area contributed by atoms with Gasteiger partial charge in [-0.3, -0.25) is 24.6 Å². The number of aryl methyl sites for hydroxylation is 2. The maximum absolute atomic E-state index is 13.0. The van der Waals surface area contributed by atoms with Crippen molar-refractivity contribution >= 4 is 17.7 Å². The number of rotatable bonds is 13. The number of β-amino-alcohol motifs (C(OH)–C–C–N with tert-alkyl or cyclic N) is 1. The van der Waals surface area contributed by atoms with Gasteiger partial charge in [-0.1, -0.05) is 66.7 Å². The quantitative estimate of drug-likeness (QED) is 0.288. The lowest BCUT2D eigenvalue weighted by Crippen LogP contribution is -2.53. The number of ether oxygens (including phenoxy) is 2. The lowest BCUT2D eigenvalue weighted by molar-refractivity contribution is -0.134. The molecule has 0 unspecified atom stereocenters. The molecule has 3 aromatic carbocycles. The van der Waals surface area contributed by atoms with Crippen molar-refractivity contribution < 1.29 is 29.0 Å². The molecular weight excluding hydrogens is 534 g/mol. The van der Waals surface area contributed by atoms with Gasteiger partial charge in [-0.25, -0.2) is 0 Å². The number of likely N-dealkylation sites (tertiary alicyclic amines) is 1. The molecule has 222 valence electrons. The predicted molar refractivity (Wildman–Crippen MR) is 159 cm³/mol. The molecule has 1 saturated heterocycles. The molecule has 9 nitrogen and oxygen atoms in total. The van der Waals surface area contributed by atoms with Gasteiger partial charge in [0.15, 0.2) is 13.2 Å². The lowest BCUT2D eigenvalue weighted by atomic mass is 10.0. The number of aliphatic hydroxyl groups is 1. The second kappa shape index (κ2) is 15.1. The number of nitrogens with one attached hydrogen (secondary N) is 2. The van der Waals surface area contributed by atoms with Crippen molar-refractivity contribution in [3.63, 3.8) is 0 Å². The van der Waals surface area contributed by atoms with Crippen LogP contribution < -0.4 is 20.1 Å². The van der Waals surface area contributed by atoms with Crippen molar-refractivity contribution in [2.24, 2.45) is 0 Å². The van der Waals surface area contributed by atoms with Crippen LogP contribution in [0.4, 0.5) is 0 Å². The molecule has 3 aromatic rings. The van der Waals surface area contributed by atoms with Gasteiger partial charge in [0, 0.05) is 6.54 Å². The molecule has 0 spiro atoms. The Morgan fingerprint density at radius 1 is 0.881 bits per heavy atom. The summed E-state index contributed by atoms with van der Waals surface area (Å²) in [5, 5.41) is 16.7. The molecule has 3 atom stereocenters. The lowest BCUT2D eigenvalue weighted by Gasteiger charge is -2.30. The zero-order valence-corrected chi connectivity index (χ0v) is 24.1. The summed E-state index contributed by atoms with van der Waals surface area (Å²) in [5.74, 6) is -0.0992. The maximum atomic E-state index is 13.0. The first-order valence-electron chi connectivity index (χ1n) is 14.3. The van der Waals surface area contributed by atoms with Crippen molar-refractivity contribution in [2.45, 2.75) is 51.3 Å². The summed E-state index contributed by atoms with van der Waals surface area (Å²) in [5.41, 5.74) is 2.83. The molecular formula is C33H39N3O6. The van der Waals surface area contributed by atoms with E-state index in [1.807, 2.05) is 73.3 Å². The van der Waals surface area contributed by atoms with Crippen molar-refractivity contribution in [1.82, 2.24) is 15.5 Å². The number of hydrogen-bond acceptors (Lipinski definition) is 7. The van der Waals surface area contributed by atoms with Crippen molar-refractivity contribution in [2.75, 3.05) is 26.3 Å². The highest BCUT2D eigenvalue weighted by atomic mass is 16.5. The monoisotopic (exact) mass is 573 g/mol. The minimum Gasteiger partial charge on any atom is -0.484 e. The summed E-state index contributed by atoms with van der Waals surface area (Å²) >= 11 is 0. The SMILES string of the molecule is Cc1cccc(C)c1OCC(=O)N[C@@H](Cc1ccccc1)[C@H](O)CN1CCC[C@H]1C(=O)NC(=O)COc1ccccc1. The first-order valence-corrected chi connectivity index (χ1v) is 14.3. The molecule has 42 heavy (non-hydrogen) atoms. The Labute approximate surface area is 246 Å². The van der Waals surface area contributed by atoms with Gasteiger partial charge in [-0.15, -0.1) is 0 Å². The molecule has 0 saturated carbocycles. The number of nitrogens with zero attached hydrogens (tertiary/aromatic N) is 1. The first-order chi connectivity index (χ1) is 20.3. The van der Waals surface area contributed by atoms with E-state index in [1.54, 1.807) is 24.3 Å². The number of aliphatic hydroxyl groups excluding tert-OH is 1. The van der Waals surface area contributed by atoms with E-state index in [1.165, 1.54) is 0 Å². The van der Waals surface area contributed by atoms with E-state index < -0.39 is 30.0 Å². The van der Waals surface area contributed by atoms with Gasteiger partial charge in [0.05, 0.1) is 18.2 Å². The average molecular weight is 574 g/mol. The fraction of sp³-hybridized carbons (Fsp3) is 0.364. The molecule has 1 heterocycles. The Balaban J connectivity index is 1.35. The maximum Gasteiger partial charge on any atom is 0.264 e. The number of carbonyl (C=O) groups is 3. The highest BCUT2D eigenvalue weighted by molar-refractivity contribution is 5.98. The molecule has 0 aromatic heterocycles. The molecule has 0 bridgehead atoms. The van der Waals surface area contributed by atoms with Crippen LogP contribution in [0.1, 0.15) is 29.5 Å². The Kier molecular flexibility index (Phi) is 11.1. The number of carbonyl (C=O) groups excluding carboxylic acids is 3. The third-order valence-electron chi connectivity index (χ3n) is 7.33. The van der Waals surface area contributed by atoms with Crippen LogP contribution in [0.15, 0.2) is 78.9 Å². The summed E-state index contributed by atoms with van der Waals surface area (Å²) < 4.78 is 11.3. The minimum absolute atomic E-state index is 0.155. The van der Waals surface area contributed by atoms with Gasteiger partial charge in [0.1, 0.15) is 11.5 Å². The van der Waals surface area contributed by atoms with Gasteiger partial charge >= 0.3 is 0 Å².